The van der Waals surface area contributed by atoms with Crippen molar-refractivity contribution in [3.8, 4) is 5.75 Å². The first-order valence-corrected chi connectivity index (χ1v) is 10.4. The number of nitrogens with one attached hydrogen (secondary N) is 1. The molecule has 7 nitrogen and oxygen atoms in total. The monoisotopic (exact) mass is 403 g/mol. The van der Waals surface area contributed by atoms with Gasteiger partial charge in [0.2, 0.25) is 0 Å². The van der Waals surface area contributed by atoms with Crippen LogP contribution in [0.3, 0.4) is 0 Å². The first kappa shape index (κ1) is 18.7. The number of hydrogen-bond acceptors (Lipinski definition) is 5. The maximum atomic E-state index is 12.7. The minimum Gasteiger partial charge on any atom is -0.497 e. The third-order valence-electron chi connectivity index (χ3n) is 5.75. The topological polar surface area (TPSA) is 70.6 Å². The Labute approximate surface area is 175 Å². The van der Waals surface area contributed by atoms with Crippen molar-refractivity contribution in [2.45, 2.75) is 18.8 Å². The van der Waals surface area contributed by atoms with Crippen LogP contribution >= 0.6 is 0 Å². The number of anilines is 2. The van der Waals surface area contributed by atoms with E-state index in [1.54, 1.807) is 7.11 Å². The Morgan fingerprint density at radius 1 is 1.00 bits per heavy atom. The normalized spacial score (nSPS) is 16.6. The van der Waals surface area contributed by atoms with Crippen molar-refractivity contribution in [1.29, 1.82) is 0 Å². The number of urea groups is 1. The number of aromatic nitrogens is 2. The lowest BCUT2D eigenvalue weighted by atomic mass is 10.2. The van der Waals surface area contributed by atoms with Gasteiger partial charge in [0.25, 0.3) is 0 Å². The predicted octanol–water partition coefficient (Wildman–Crippen LogP) is 3.87. The quantitative estimate of drug-likeness (QED) is 0.716. The maximum Gasteiger partial charge on any atom is 0.321 e. The highest BCUT2D eigenvalue weighted by molar-refractivity contribution is 5.91. The van der Waals surface area contributed by atoms with Gasteiger partial charge in [-0.15, -0.1) is 0 Å². The second-order valence-corrected chi connectivity index (χ2v) is 7.83. The van der Waals surface area contributed by atoms with Crippen molar-refractivity contribution in [2.24, 2.45) is 0 Å². The molecule has 0 spiro atoms. The van der Waals surface area contributed by atoms with Gasteiger partial charge in [0.15, 0.2) is 0 Å². The van der Waals surface area contributed by atoms with Crippen LogP contribution in [0.5, 0.6) is 5.75 Å². The number of fused-ring (bicyclic) bond motifs is 1. The third kappa shape index (κ3) is 3.75. The molecule has 1 N–H and O–H groups in total. The van der Waals surface area contributed by atoms with Crippen molar-refractivity contribution < 1.29 is 9.53 Å². The fraction of sp³-hybridized carbons (Fsp3) is 0.348. The fourth-order valence-electron chi connectivity index (χ4n) is 3.84. The molecule has 1 saturated heterocycles. The van der Waals surface area contributed by atoms with Gasteiger partial charge in [-0.25, -0.2) is 14.8 Å². The van der Waals surface area contributed by atoms with E-state index in [2.05, 4.69) is 22.3 Å². The second kappa shape index (κ2) is 7.82. The minimum atomic E-state index is -0.0777. The zero-order valence-electron chi connectivity index (χ0n) is 17.0. The molecule has 154 valence electrons. The van der Waals surface area contributed by atoms with E-state index < -0.39 is 0 Å². The molecule has 0 unspecified atom stereocenters. The molecule has 1 aliphatic carbocycles. The van der Waals surface area contributed by atoms with E-state index in [4.69, 9.17) is 14.7 Å². The summed E-state index contributed by atoms with van der Waals surface area (Å²) in [5, 5.41) is 4.05. The molecule has 2 aromatic carbocycles. The fourth-order valence-corrected chi connectivity index (χ4v) is 3.84. The molecule has 1 aliphatic heterocycles. The molecule has 0 bridgehead atoms. The predicted molar refractivity (Wildman–Crippen MR) is 117 cm³/mol. The van der Waals surface area contributed by atoms with Crippen molar-refractivity contribution >= 4 is 28.4 Å². The highest BCUT2D eigenvalue weighted by Gasteiger charge is 2.29. The SMILES string of the molecule is COc1ccc(NC(=O)N2CCN(c3nc(C4CC4)nc4ccccc34)CC2)cc1. The van der Waals surface area contributed by atoms with Gasteiger partial charge in [-0.05, 0) is 49.2 Å². The van der Waals surface area contributed by atoms with Gasteiger partial charge in [-0.2, -0.15) is 0 Å². The number of amides is 2. The second-order valence-electron chi connectivity index (χ2n) is 7.83. The van der Waals surface area contributed by atoms with E-state index in [0.29, 0.717) is 19.0 Å². The van der Waals surface area contributed by atoms with Gasteiger partial charge in [0.1, 0.15) is 17.4 Å². The Hall–Kier alpha value is -3.35. The van der Waals surface area contributed by atoms with Crippen LogP contribution in [0.25, 0.3) is 10.9 Å². The average Bonchev–Trinajstić information content (AvgIpc) is 3.64. The molecule has 1 aromatic heterocycles. The highest BCUT2D eigenvalue weighted by atomic mass is 16.5. The molecule has 3 aromatic rings. The van der Waals surface area contributed by atoms with Gasteiger partial charge in [-0.1, -0.05) is 12.1 Å². The highest BCUT2D eigenvalue weighted by Crippen LogP contribution is 2.40. The lowest BCUT2D eigenvalue weighted by molar-refractivity contribution is 0.208. The van der Waals surface area contributed by atoms with E-state index >= 15 is 0 Å². The summed E-state index contributed by atoms with van der Waals surface area (Å²) in [6, 6.07) is 15.5. The number of ether oxygens (including phenoxy) is 1. The van der Waals surface area contributed by atoms with E-state index in [-0.39, 0.29) is 6.03 Å². The number of methoxy groups -OCH3 is 1. The molecule has 2 heterocycles. The Kier molecular flexibility index (Phi) is 4.86. The average molecular weight is 403 g/mol. The maximum absolute atomic E-state index is 12.7. The van der Waals surface area contributed by atoms with Gasteiger partial charge >= 0.3 is 6.03 Å². The Balaban J connectivity index is 1.28. The number of benzene rings is 2. The van der Waals surface area contributed by atoms with Gasteiger partial charge in [0.05, 0.1) is 12.6 Å². The van der Waals surface area contributed by atoms with E-state index in [1.807, 2.05) is 41.3 Å². The van der Waals surface area contributed by atoms with E-state index in [0.717, 1.165) is 47.1 Å². The van der Waals surface area contributed by atoms with Crippen LogP contribution in [-0.2, 0) is 0 Å². The standard InChI is InChI=1S/C23H25N5O2/c1-30-18-10-8-17(9-11-18)24-23(29)28-14-12-27(13-15-28)22-19-4-2-3-5-20(19)25-21(26-22)16-6-7-16/h2-5,8-11,16H,6-7,12-15H2,1H3,(H,24,29). The lowest BCUT2D eigenvalue weighted by Crippen LogP contribution is -2.50. The number of rotatable bonds is 4. The van der Waals surface area contributed by atoms with Crippen LogP contribution in [0.4, 0.5) is 16.3 Å². The van der Waals surface area contributed by atoms with E-state index in [1.165, 1.54) is 12.8 Å². The molecule has 2 amide bonds. The summed E-state index contributed by atoms with van der Waals surface area (Å²) in [5.74, 6) is 3.23. The third-order valence-corrected chi connectivity index (χ3v) is 5.75. The molecular weight excluding hydrogens is 378 g/mol. The number of piperazine rings is 1. The van der Waals surface area contributed by atoms with Gasteiger partial charge in [0, 0.05) is 43.2 Å². The molecule has 2 fully saturated rings. The van der Waals surface area contributed by atoms with Crippen LogP contribution in [0.1, 0.15) is 24.6 Å². The molecule has 30 heavy (non-hydrogen) atoms. The first-order chi connectivity index (χ1) is 14.7. The van der Waals surface area contributed by atoms with Crippen molar-refractivity contribution in [3.05, 3.63) is 54.4 Å². The molecule has 0 radical (unpaired) electrons. The molecule has 7 heteroatoms. The van der Waals surface area contributed by atoms with Crippen LogP contribution in [0, 0.1) is 0 Å². The minimum absolute atomic E-state index is 0.0777. The molecule has 0 atom stereocenters. The zero-order chi connectivity index (χ0) is 20.5. The summed E-state index contributed by atoms with van der Waals surface area (Å²) in [6.07, 6.45) is 2.36. The molecule has 1 saturated carbocycles. The largest absolute Gasteiger partial charge is 0.497 e. The lowest BCUT2D eigenvalue weighted by Gasteiger charge is -2.36. The first-order valence-electron chi connectivity index (χ1n) is 10.4. The smallest absolute Gasteiger partial charge is 0.321 e. The van der Waals surface area contributed by atoms with Crippen molar-refractivity contribution in [2.75, 3.05) is 43.5 Å². The van der Waals surface area contributed by atoms with Crippen LogP contribution in [0.2, 0.25) is 0 Å². The number of hydrogen-bond donors (Lipinski definition) is 1. The van der Waals surface area contributed by atoms with Gasteiger partial charge in [-0.3, -0.25) is 0 Å². The Morgan fingerprint density at radius 2 is 1.73 bits per heavy atom. The summed E-state index contributed by atoms with van der Waals surface area (Å²) >= 11 is 0. The summed E-state index contributed by atoms with van der Waals surface area (Å²) in [4.78, 5) is 26.5. The summed E-state index contributed by atoms with van der Waals surface area (Å²) in [5.41, 5.74) is 1.77. The van der Waals surface area contributed by atoms with Crippen molar-refractivity contribution in [3.63, 3.8) is 0 Å². The van der Waals surface area contributed by atoms with Crippen molar-refractivity contribution in [1.82, 2.24) is 14.9 Å². The summed E-state index contributed by atoms with van der Waals surface area (Å²) in [7, 11) is 1.63. The number of carbonyl (C=O) groups is 1. The van der Waals surface area contributed by atoms with Crippen LogP contribution in [0.15, 0.2) is 48.5 Å². The van der Waals surface area contributed by atoms with E-state index in [9.17, 15) is 4.79 Å². The number of para-hydroxylation sites is 1. The molecule has 2 aliphatic rings. The zero-order valence-corrected chi connectivity index (χ0v) is 17.0. The Bertz CT molecular complexity index is 1060. The molecule has 5 rings (SSSR count). The summed E-state index contributed by atoms with van der Waals surface area (Å²) in [6.45, 7) is 2.81. The van der Waals surface area contributed by atoms with Crippen LogP contribution < -0.4 is 15.0 Å². The number of nitrogens with zero attached hydrogens (tertiary/aromatic N) is 4. The number of carbonyl (C=O) groups excluding carboxylic acids is 1. The van der Waals surface area contributed by atoms with Gasteiger partial charge < -0.3 is 19.9 Å². The Morgan fingerprint density at radius 3 is 2.43 bits per heavy atom. The summed E-state index contributed by atoms with van der Waals surface area (Å²) < 4.78 is 5.16. The van der Waals surface area contributed by atoms with Crippen LogP contribution in [-0.4, -0.2) is 54.2 Å². The molecular formula is C23H25N5O2.